The maximum absolute atomic E-state index is 11.9. The van der Waals surface area contributed by atoms with E-state index in [2.05, 4.69) is 6.92 Å². The minimum atomic E-state index is -0.656. The molecule has 4 nitrogen and oxygen atoms in total. The molecule has 1 aliphatic heterocycles. The van der Waals surface area contributed by atoms with Crippen LogP contribution >= 0.6 is 0 Å². The van der Waals surface area contributed by atoms with E-state index in [-0.39, 0.29) is 36.1 Å². The Hall–Kier alpha value is -1.32. The lowest BCUT2D eigenvalue weighted by molar-refractivity contribution is -0.151. The lowest BCUT2D eigenvalue weighted by atomic mass is 9.96. The van der Waals surface area contributed by atoms with E-state index in [1.165, 1.54) is 25.7 Å². The molecule has 4 heteroatoms. The molecule has 1 atom stereocenters. The van der Waals surface area contributed by atoms with Crippen molar-refractivity contribution in [2.75, 3.05) is 0 Å². The van der Waals surface area contributed by atoms with Crippen LogP contribution in [0.3, 0.4) is 0 Å². The van der Waals surface area contributed by atoms with Gasteiger partial charge in [0.15, 0.2) is 5.78 Å². The predicted molar refractivity (Wildman–Crippen MR) is 77.4 cm³/mol. The molecule has 114 valence electrons. The largest absolute Gasteiger partial charge is 0.511 e. The van der Waals surface area contributed by atoms with Crippen molar-refractivity contribution in [3.63, 3.8) is 0 Å². The number of esters is 1. The second-order valence-electron chi connectivity index (χ2n) is 5.39. The van der Waals surface area contributed by atoms with Gasteiger partial charge in [-0.3, -0.25) is 4.79 Å². The summed E-state index contributed by atoms with van der Waals surface area (Å²) in [6, 6.07) is 0. The Bertz CT molecular complexity index is 351. The molecule has 0 aliphatic carbocycles. The number of ether oxygens (including phenoxy) is 1. The van der Waals surface area contributed by atoms with Gasteiger partial charge in [-0.2, -0.15) is 0 Å². The van der Waals surface area contributed by atoms with Gasteiger partial charge in [0.1, 0.15) is 17.4 Å². The van der Waals surface area contributed by atoms with Gasteiger partial charge in [-0.1, -0.05) is 46.0 Å². The molecule has 0 bridgehead atoms. The fourth-order valence-corrected chi connectivity index (χ4v) is 2.44. The van der Waals surface area contributed by atoms with Crippen molar-refractivity contribution >= 4 is 11.8 Å². The molecule has 1 saturated heterocycles. The summed E-state index contributed by atoms with van der Waals surface area (Å²) in [6.07, 6.45) is 7.95. The summed E-state index contributed by atoms with van der Waals surface area (Å²) in [4.78, 5) is 23.6. The van der Waals surface area contributed by atoms with Crippen molar-refractivity contribution in [1.82, 2.24) is 0 Å². The molecule has 0 aromatic heterocycles. The Morgan fingerprint density at radius 2 is 1.80 bits per heavy atom. The molecule has 0 spiro atoms. The summed E-state index contributed by atoms with van der Waals surface area (Å²) < 4.78 is 5.24. The van der Waals surface area contributed by atoms with Crippen LogP contribution in [0.1, 0.15) is 71.6 Å². The molecule has 1 aliphatic rings. The maximum Gasteiger partial charge on any atom is 0.345 e. The van der Waals surface area contributed by atoms with Crippen LogP contribution in [0.15, 0.2) is 11.3 Å². The first kappa shape index (κ1) is 16.7. The Kier molecular flexibility index (Phi) is 7.34. The number of aliphatic hydroxyl groups is 1. The summed E-state index contributed by atoms with van der Waals surface area (Å²) in [7, 11) is 0. The average molecular weight is 282 g/mol. The van der Waals surface area contributed by atoms with Crippen LogP contribution < -0.4 is 0 Å². The van der Waals surface area contributed by atoms with Crippen molar-refractivity contribution < 1.29 is 19.4 Å². The van der Waals surface area contributed by atoms with Crippen LogP contribution in [0.25, 0.3) is 0 Å². The molecule has 0 saturated carbocycles. The zero-order valence-corrected chi connectivity index (χ0v) is 12.6. The van der Waals surface area contributed by atoms with Gasteiger partial charge in [-0.25, -0.2) is 4.79 Å². The first-order valence-corrected chi connectivity index (χ1v) is 7.76. The maximum atomic E-state index is 11.9. The highest BCUT2D eigenvalue weighted by atomic mass is 16.5. The van der Waals surface area contributed by atoms with E-state index < -0.39 is 5.97 Å². The second kappa shape index (κ2) is 8.77. The highest BCUT2D eigenvalue weighted by molar-refractivity contribution is 6.19. The smallest absolute Gasteiger partial charge is 0.345 e. The number of aliphatic hydroxyl groups excluding tert-OH is 1. The highest BCUT2D eigenvalue weighted by Crippen LogP contribution is 2.23. The molecular weight excluding hydrogens is 256 g/mol. The molecule has 0 radical (unpaired) electrons. The molecule has 1 heterocycles. The number of Topliss-reactive ketones (excluding diaryl/α,β-unsaturated/α-hetero) is 1. The second-order valence-corrected chi connectivity index (χ2v) is 5.39. The van der Waals surface area contributed by atoms with Gasteiger partial charge in [0.25, 0.3) is 0 Å². The van der Waals surface area contributed by atoms with Crippen LogP contribution in [-0.2, 0) is 14.3 Å². The van der Waals surface area contributed by atoms with Crippen molar-refractivity contribution in [3.8, 4) is 0 Å². The normalized spacial score (nSPS) is 21.8. The fourth-order valence-electron chi connectivity index (χ4n) is 2.44. The van der Waals surface area contributed by atoms with E-state index >= 15 is 0 Å². The Labute approximate surface area is 121 Å². The highest BCUT2D eigenvalue weighted by Gasteiger charge is 2.33. The molecule has 20 heavy (non-hydrogen) atoms. The van der Waals surface area contributed by atoms with E-state index in [1.807, 2.05) is 0 Å². The Morgan fingerprint density at radius 3 is 2.40 bits per heavy atom. The summed E-state index contributed by atoms with van der Waals surface area (Å²) in [5, 5.41) is 9.56. The van der Waals surface area contributed by atoms with Crippen LogP contribution in [-0.4, -0.2) is 23.0 Å². The van der Waals surface area contributed by atoms with Gasteiger partial charge in [-0.05, 0) is 12.8 Å². The summed E-state index contributed by atoms with van der Waals surface area (Å²) >= 11 is 0. The standard InChI is InChI=1S/C16H26O4/c1-3-5-6-7-8-9-10-12-11-14(18)15(13(17)4-2)16(19)20-12/h12,17H,3-11H2,1-2H3/b15-13+. The number of hydrogen-bond acceptors (Lipinski definition) is 4. The van der Waals surface area contributed by atoms with Crippen LogP contribution in [0, 0.1) is 0 Å². The minimum Gasteiger partial charge on any atom is -0.511 e. The van der Waals surface area contributed by atoms with Crippen molar-refractivity contribution in [2.45, 2.75) is 77.7 Å². The van der Waals surface area contributed by atoms with E-state index in [0.29, 0.717) is 0 Å². The van der Waals surface area contributed by atoms with E-state index in [1.54, 1.807) is 6.92 Å². The van der Waals surface area contributed by atoms with Gasteiger partial charge in [-0.15, -0.1) is 0 Å². The minimum absolute atomic E-state index is 0.147. The summed E-state index contributed by atoms with van der Waals surface area (Å²) in [5.41, 5.74) is -0.147. The monoisotopic (exact) mass is 282 g/mol. The SMILES string of the molecule is CCCCCCCCC1CC(=O)/C(=C(\O)CC)C(=O)O1. The van der Waals surface area contributed by atoms with Gasteiger partial charge in [0.2, 0.25) is 0 Å². The van der Waals surface area contributed by atoms with Crippen molar-refractivity contribution in [3.05, 3.63) is 11.3 Å². The van der Waals surface area contributed by atoms with Crippen LogP contribution in [0.5, 0.6) is 0 Å². The van der Waals surface area contributed by atoms with Gasteiger partial charge in [0, 0.05) is 12.8 Å². The van der Waals surface area contributed by atoms with Crippen molar-refractivity contribution in [2.24, 2.45) is 0 Å². The van der Waals surface area contributed by atoms with E-state index in [9.17, 15) is 14.7 Å². The Balaban J connectivity index is 2.35. The number of carbonyl (C=O) groups excluding carboxylic acids is 2. The third kappa shape index (κ3) is 4.99. The molecule has 1 unspecified atom stereocenters. The molecule has 0 aromatic carbocycles. The zero-order valence-electron chi connectivity index (χ0n) is 12.6. The zero-order chi connectivity index (χ0) is 15.0. The summed E-state index contributed by atoms with van der Waals surface area (Å²) in [5.74, 6) is -1.09. The van der Waals surface area contributed by atoms with Gasteiger partial charge >= 0.3 is 5.97 Å². The van der Waals surface area contributed by atoms with Gasteiger partial charge < -0.3 is 9.84 Å². The van der Waals surface area contributed by atoms with E-state index in [4.69, 9.17) is 4.74 Å². The molecule has 0 amide bonds. The number of ketones is 1. The first-order chi connectivity index (χ1) is 9.60. The lowest BCUT2D eigenvalue weighted by Crippen LogP contribution is -2.33. The quantitative estimate of drug-likeness (QED) is 0.241. The molecule has 1 N–H and O–H groups in total. The first-order valence-electron chi connectivity index (χ1n) is 7.76. The Morgan fingerprint density at radius 1 is 1.15 bits per heavy atom. The number of allylic oxidation sites excluding steroid dienone is 1. The molecule has 1 fully saturated rings. The fraction of sp³-hybridized carbons (Fsp3) is 0.750. The lowest BCUT2D eigenvalue weighted by Gasteiger charge is -2.23. The number of rotatable bonds is 8. The molecular formula is C16H26O4. The number of cyclic esters (lactones) is 1. The number of carbonyl (C=O) groups is 2. The average Bonchev–Trinajstić information content (AvgIpc) is 2.41. The summed E-state index contributed by atoms with van der Waals surface area (Å²) in [6.45, 7) is 3.88. The number of unbranched alkanes of at least 4 members (excludes halogenated alkanes) is 5. The van der Waals surface area contributed by atoms with Gasteiger partial charge in [0.05, 0.1) is 0 Å². The van der Waals surface area contributed by atoms with Crippen molar-refractivity contribution in [1.29, 1.82) is 0 Å². The number of hydrogen-bond donors (Lipinski definition) is 1. The van der Waals surface area contributed by atoms with Crippen LogP contribution in [0.2, 0.25) is 0 Å². The predicted octanol–water partition coefficient (Wildman–Crippen LogP) is 3.84. The van der Waals surface area contributed by atoms with E-state index in [0.717, 1.165) is 19.3 Å². The third-order valence-electron chi connectivity index (χ3n) is 3.67. The third-order valence-corrected chi connectivity index (χ3v) is 3.67. The topological polar surface area (TPSA) is 63.6 Å². The van der Waals surface area contributed by atoms with Crippen LogP contribution in [0.4, 0.5) is 0 Å². The molecule has 1 rings (SSSR count). The molecule has 0 aromatic rings.